The largest absolute Gasteiger partial charge is 0.370 e. The van der Waals surface area contributed by atoms with Crippen LogP contribution in [0.5, 0.6) is 0 Å². The first-order chi connectivity index (χ1) is 8.95. The van der Waals surface area contributed by atoms with Crippen molar-refractivity contribution in [1.29, 1.82) is 0 Å². The van der Waals surface area contributed by atoms with E-state index < -0.39 is 0 Å². The SMILES string of the molecule is CC(C)(C)c1nc(Br)cc(NCCC2=CCCC2)n1. The molecule has 1 N–H and O–H groups in total. The fourth-order valence-electron chi connectivity index (χ4n) is 2.16. The van der Waals surface area contributed by atoms with Crippen LogP contribution in [0.3, 0.4) is 0 Å². The monoisotopic (exact) mass is 323 g/mol. The third kappa shape index (κ3) is 4.30. The number of rotatable bonds is 4. The number of hydrogen-bond donors (Lipinski definition) is 1. The molecule has 0 atom stereocenters. The molecule has 0 bridgehead atoms. The Morgan fingerprint density at radius 1 is 1.32 bits per heavy atom. The average Bonchev–Trinajstić information content (AvgIpc) is 2.80. The fraction of sp³-hybridized carbons (Fsp3) is 0.600. The van der Waals surface area contributed by atoms with Gasteiger partial charge in [0.1, 0.15) is 16.2 Å². The maximum Gasteiger partial charge on any atom is 0.137 e. The standard InChI is InChI=1S/C15H22BrN3/c1-15(2,3)14-18-12(16)10-13(19-14)17-9-8-11-6-4-5-7-11/h6,10H,4-5,7-9H2,1-3H3,(H,17,18,19). The summed E-state index contributed by atoms with van der Waals surface area (Å²) in [7, 11) is 0. The lowest BCUT2D eigenvalue weighted by Gasteiger charge is -2.18. The highest BCUT2D eigenvalue weighted by Crippen LogP contribution is 2.23. The lowest BCUT2D eigenvalue weighted by Crippen LogP contribution is -2.17. The van der Waals surface area contributed by atoms with Crippen molar-refractivity contribution < 1.29 is 0 Å². The van der Waals surface area contributed by atoms with Gasteiger partial charge in [0.05, 0.1) is 0 Å². The van der Waals surface area contributed by atoms with Crippen LogP contribution in [0.25, 0.3) is 0 Å². The molecule has 0 spiro atoms. The second-order valence-electron chi connectivity index (χ2n) is 6.08. The number of anilines is 1. The summed E-state index contributed by atoms with van der Waals surface area (Å²) in [6, 6.07) is 1.94. The Hall–Kier alpha value is -0.900. The predicted molar refractivity (Wildman–Crippen MR) is 83.5 cm³/mol. The number of halogens is 1. The highest BCUT2D eigenvalue weighted by molar-refractivity contribution is 9.10. The van der Waals surface area contributed by atoms with E-state index in [4.69, 9.17) is 0 Å². The Morgan fingerprint density at radius 2 is 2.11 bits per heavy atom. The van der Waals surface area contributed by atoms with Crippen molar-refractivity contribution in [3.8, 4) is 0 Å². The van der Waals surface area contributed by atoms with E-state index in [0.717, 1.165) is 29.2 Å². The zero-order chi connectivity index (χ0) is 13.9. The first-order valence-electron chi connectivity index (χ1n) is 6.92. The molecule has 1 aliphatic carbocycles. The minimum Gasteiger partial charge on any atom is -0.370 e. The lowest BCUT2D eigenvalue weighted by atomic mass is 9.96. The quantitative estimate of drug-likeness (QED) is 0.657. The molecule has 1 heterocycles. The van der Waals surface area contributed by atoms with Crippen molar-refractivity contribution in [2.75, 3.05) is 11.9 Å². The first kappa shape index (κ1) is 14.5. The van der Waals surface area contributed by atoms with E-state index in [9.17, 15) is 0 Å². The van der Waals surface area contributed by atoms with Gasteiger partial charge in [-0.25, -0.2) is 9.97 Å². The van der Waals surface area contributed by atoms with Crippen LogP contribution in [-0.4, -0.2) is 16.5 Å². The number of aromatic nitrogens is 2. The molecule has 0 aromatic carbocycles. The van der Waals surface area contributed by atoms with Gasteiger partial charge >= 0.3 is 0 Å². The average molecular weight is 324 g/mol. The van der Waals surface area contributed by atoms with Crippen molar-refractivity contribution in [2.45, 2.75) is 51.9 Å². The topological polar surface area (TPSA) is 37.8 Å². The van der Waals surface area contributed by atoms with Gasteiger partial charge in [-0.15, -0.1) is 0 Å². The maximum atomic E-state index is 4.60. The van der Waals surface area contributed by atoms with E-state index >= 15 is 0 Å². The second-order valence-corrected chi connectivity index (χ2v) is 6.89. The predicted octanol–water partition coefficient (Wildman–Crippen LogP) is 4.45. The fourth-order valence-corrected chi connectivity index (χ4v) is 2.54. The lowest BCUT2D eigenvalue weighted by molar-refractivity contribution is 0.544. The summed E-state index contributed by atoms with van der Waals surface area (Å²) in [6.45, 7) is 7.32. The van der Waals surface area contributed by atoms with E-state index in [0.29, 0.717) is 0 Å². The molecule has 1 aliphatic rings. The molecule has 0 fully saturated rings. The molecular formula is C15H22BrN3. The summed E-state index contributed by atoms with van der Waals surface area (Å²) in [4.78, 5) is 9.04. The smallest absolute Gasteiger partial charge is 0.137 e. The molecule has 0 radical (unpaired) electrons. The molecule has 3 nitrogen and oxygen atoms in total. The summed E-state index contributed by atoms with van der Waals surface area (Å²) in [5.74, 6) is 1.77. The van der Waals surface area contributed by atoms with Crippen LogP contribution in [0.4, 0.5) is 5.82 Å². The number of hydrogen-bond acceptors (Lipinski definition) is 3. The van der Waals surface area contributed by atoms with Crippen LogP contribution in [0.1, 0.15) is 52.3 Å². The summed E-state index contributed by atoms with van der Waals surface area (Å²) in [5, 5.41) is 3.40. The van der Waals surface area contributed by atoms with Crippen LogP contribution in [0.15, 0.2) is 22.3 Å². The normalized spacial score (nSPS) is 15.5. The molecule has 1 aromatic heterocycles. The van der Waals surface area contributed by atoms with Gasteiger partial charge in [0.2, 0.25) is 0 Å². The summed E-state index contributed by atoms with van der Waals surface area (Å²) in [6.07, 6.45) is 7.33. The van der Waals surface area contributed by atoms with Crippen molar-refractivity contribution >= 4 is 21.7 Å². The molecule has 19 heavy (non-hydrogen) atoms. The zero-order valence-corrected chi connectivity index (χ0v) is 13.5. The summed E-state index contributed by atoms with van der Waals surface area (Å²) < 4.78 is 0.843. The number of nitrogens with zero attached hydrogens (tertiary/aromatic N) is 2. The van der Waals surface area contributed by atoms with E-state index in [1.54, 1.807) is 5.57 Å². The van der Waals surface area contributed by atoms with Gasteiger partial charge in [-0.2, -0.15) is 0 Å². The van der Waals surface area contributed by atoms with E-state index in [1.165, 1.54) is 19.3 Å². The minimum absolute atomic E-state index is 0.0335. The van der Waals surface area contributed by atoms with Crippen LogP contribution < -0.4 is 5.32 Å². The zero-order valence-electron chi connectivity index (χ0n) is 12.0. The van der Waals surface area contributed by atoms with Crippen molar-refractivity contribution in [3.63, 3.8) is 0 Å². The van der Waals surface area contributed by atoms with Gasteiger partial charge in [0.25, 0.3) is 0 Å². The van der Waals surface area contributed by atoms with Gasteiger partial charge in [0, 0.05) is 18.0 Å². The molecule has 0 aliphatic heterocycles. The molecule has 0 amide bonds. The second kappa shape index (κ2) is 6.04. The number of allylic oxidation sites excluding steroid dienone is 1. The first-order valence-corrected chi connectivity index (χ1v) is 7.71. The third-order valence-electron chi connectivity index (χ3n) is 3.25. The molecule has 1 aromatic rings. The van der Waals surface area contributed by atoms with Crippen LogP contribution >= 0.6 is 15.9 Å². The third-order valence-corrected chi connectivity index (χ3v) is 3.66. The molecule has 104 valence electrons. The van der Waals surface area contributed by atoms with E-state index in [1.807, 2.05) is 6.07 Å². The summed E-state index contributed by atoms with van der Waals surface area (Å²) >= 11 is 3.46. The van der Waals surface area contributed by atoms with Gasteiger partial charge in [-0.05, 0) is 41.6 Å². The van der Waals surface area contributed by atoms with Gasteiger partial charge in [-0.1, -0.05) is 32.4 Å². The Balaban J connectivity index is 1.98. The Bertz CT molecular complexity index is 475. The number of nitrogens with one attached hydrogen (secondary N) is 1. The van der Waals surface area contributed by atoms with Crippen molar-refractivity contribution in [3.05, 3.63) is 28.1 Å². The molecule has 0 unspecified atom stereocenters. The Kier molecular flexibility index (Phi) is 4.61. The Morgan fingerprint density at radius 3 is 2.74 bits per heavy atom. The highest BCUT2D eigenvalue weighted by atomic mass is 79.9. The van der Waals surface area contributed by atoms with Gasteiger partial charge in [-0.3, -0.25) is 0 Å². The van der Waals surface area contributed by atoms with Crippen molar-refractivity contribution in [1.82, 2.24) is 9.97 Å². The maximum absolute atomic E-state index is 4.60. The molecule has 0 saturated heterocycles. The summed E-state index contributed by atoms with van der Waals surface area (Å²) in [5.41, 5.74) is 1.55. The molecule has 0 saturated carbocycles. The minimum atomic E-state index is -0.0335. The molecule has 4 heteroatoms. The van der Waals surface area contributed by atoms with E-state index in [2.05, 4.69) is 58.1 Å². The van der Waals surface area contributed by atoms with Crippen molar-refractivity contribution in [2.24, 2.45) is 0 Å². The van der Waals surface area contributed by atoms with Gasteiger partial charge in [0.15, 0.2) is 0 Å². The van der Waals surface area contributed by atoms with Crippen LogP contribution in [0, 0.1) is 0 Å². The van der Waals surface area contributed by atoms with Gasteiger partial charge < -0.3 is 5.32 Å². The molecule has 2 rings (SSSR count). The van der Waals surface area contributed by atoms with Crippen LogP contribution in [0.2, 0.25) is 0 Å². The highest BCUT2D eigenvalue weighted by Gasteiger charge is 2.18. The molecular weight excluding hydrogens is 302 g/mol. The van der Waals surface area contributed by atoms with E-state index in [-0.39, 0.29) is 5.41 Å². The Labute approximate surface area is 124 Å². The van der Waals surface area contributed by atoms with Crippen LogP contribution in [-0.2, 0) is 5.41 Å².